The van der Waals surface area contributed by atoms with Crippen LogP contribution in [0.4, 0.5) is 5.69 Å². The number of hydrogen-bond acceptors (Lipinski definition) is 4. The highest BCUT2D eigenvalue weighted by Crippen LogP contribution is 2.18. The zero-order chi connectivity index (χ0) is 11.4. The fourth-order valence-electron chi connectivity index (χ4n) is 1.49. The lowest BCUT2D eigenvalue weighted by Gasteiger charge is -2.11. The molecule has 2 aromatic heterocycles. The molecule has 0 amide bonds. The Bertz CT molecular complexity index is 439. The van der Waals surface area contributed by atoms with Crippen LogP contribution >= 0.6 is 11.3 Å². The molecule has 2 aromatic rings. The van der Waals surface area contributed by atoms with Crippen LogP contribution in [0.15, 0.2) is 29.9 Å². The molecule has 1 N–H and O–H groups in total. The van der Waals surface area contributed by atoms with E-state index in [-0.39, 0.29) is 0 Å². The molecule has 2 heterocycles. The highest BCUT2D eigenvalue weighted by molar-refractivity contribution is 7.09. The Labute approximate surface area is 99.6 Å². The smallest absolute Gasteiger partial charge is 0.0970 e. The van der Waals surface area contributed by atoms with E-state index >= 15 is 0 Å². The first-order valence-corrected chi connectivity index (χ1v) is 6.19. The first kappa shape index (κ1) is 11.1. The highest BCUT2D eigenvalue weighted by atomic mass is 32.1. The first-order chi connectivity index (χ1) is 7.75. The number of thiazole rings is 1. The molecule has 0 radical (unpaired) electrons. The summed E-state index contributed by atoms with van der Waals surface area (Å²) in [5.41, 5.74) is 2.16. The second-order valence-electron chi connectivity index (χ2n) is 3.84. The van der Waals surface area contributed by atoms with Crippen molar-refractivity contribution in [1.82, 2.24) is 9.97 Å². The van der Waals surface area contributed by atoms with Gasteiger partial charge in [0.1, 0.15) is 0 Å². The summed E-state index contributed by atoms with van der Waals surface area (Å²) in [4.78, 5) is 8.48. The number of aryl methyl sites for hydroxylation is 1. The normalized spacial score (nSPS) is 12.4. The van der Waals surface area contributed by atoms with Gasteiger partial charge in [-0.05, 0) is 19.1 Å². The van der Waals surface area contributed by atoms with Crippen LogP contribution in [0.3, 0.4) is 0 Å². The van der Waals surface area contributed by atoms with Crippen molar-refractivity contribution in [3.63, 3.8) is 0 Å². The van der Waals surface area contributed by atoms with Crippen molar-refractivity contribution in [3.8, 4) is 0 Å². The molecule has 0 saturated heterocycles. The van der Waals surface area contributed by atoms with Gasteiger partial charge in [-0.15, -0.1) is 11.3 Å². The number of hydrogen-bond donors (Lipinski definition) is 1. The summed E-state index contributed by atoms with van der Waals surface area (Å²) in [6.45, 7) is 5.08. The third-order valence-electron chi connectivity index (χ3n) is 2.38. The molecule has 0 spiro atoms. The van der Waals surface area contributed by atoms with E-state index in [4.69, 9.17) is 0 Å². The second-order valence-corrected chi connectivity index (χ2v) is 4.76. The fourth-order valence-corrected chi connectivity index (χ4v) is 2.19. The number of aromatic nitrogens is 2. The fraction of sp³-hybridized carbons (Fsp3) is 0.333. The van der Waals surface area contributed by atoms with Crippen LogP contribution in [0.1, 0.15) is 23.5 Å². The third-order valence-corrected chi connectivity index (χ3v) is 3.39. The van der Waals surface area contributed by atoms with Gasteiger partial charge < -0.3 is 5.32 Å². The van der Waals surface area contributed by atoms with E-state index < -0.39 is 0 Å². The summed E-state index contributed by atoms with van der Waals surface area (Å²) in [6, 6.07) is 4.04. The van der Waals surface area contributed by atoms with Gasteiger partial charge in [0, 0.05) is 41.6 Å². The van der Waals surface area contributed by atoms with Gasteiger partial charge in [0.05, 0.1) is 5.01 Å². The van der Waals surface area contributed by atoms with E-state index in [1.54, 1.807) is 11.3 Å². The van der Waals surface area contributed by atoms with E-state index in [0.29, 0.717) is 5.92 Å². The van der Waals surface area contributed by atoms with Crippen molar-refractivity contribution < 1.29 is 0 Å². The number of pyridine rings is 1. The molecule has 0 fully saturated rings. The average molecular weight is 233 g/mol. The Morgan fingerprint density at radius 3 is 2.94 bits per heavy atom. The molecule has 0 saturated carbocycles. The Morgan fingerprint density at radius 2 is 2.25 bits per heavy atom. The Hall–Kier alpha value is -1.42. The Kier molecular flexibility index (Phi) is 3.51. The van der Waals surface area contributed by atoms with Crippen LogP contribution in [0.2, 0.25) is 0 Å². The summed E-state index contributed by atoms with van der Waals surface area (Å²) in [5.74, 6) is 0.438. The zero-order valence-corrected chi connectivity index (χ0v) is 10.3. The molecule has 0 aliphatic heterocycles. The number of anilines is 1. The lowest BCUT2D eigenvalue weighted by Crippen LogP contribution is -2.09. The van der Waals surface area contributed by atoms with Crippen LogP contribution < -0.4 is 5.32 Å². The van der Waals surface area contributed by atoms with Gasteiger partial charge in [-0.2, -0.15) is 0 Å². The molecule has 4 heteroatoms. The first-order valence-electron chi connectivity index (χ1n) is 5.31. The average Bonchev–Trinajstić information content (AvgIpc) is 2.79. The predicted octanol–water partition coefficient (Wildman–Crippen LogP) is 3.06. The molecular weight excluding hydrogens is 218 g/mol. The van der Waals surface area contributed by atoms with Crippen molar-refractivity contribution in [2.75, 3.05) is 11.9 Å². The van der Waals surface area contributed by atoms with Gasteiger partial charge in [-0.25, -0.2) is 4.98 Å². The number of rotatable bonds is 4. The molecule has 3 nitrogen and oxygen atoms in total. The second kappa shape index (κ2) is 5.07. The quantitative estimate of drug-likeness (QED) is 0.882. The van der Waals surface area contributed by atoms with Crippen LogP contribution in [0.25, 0.3) is 0 Å². The van der Waals surface area contributed by atoms with Crippen molar-refractivity contribution in [1.29, 1.82) is 0 Å². The lowest BCUT2D eigenvalue weighted by atomic mass is 10.2. The van der Waals surface area contributed by atoms with E-state index in [1.807, 2.05) is 30.8 Å². The van der Waals surface area contributed by atoms with E-state index in [1.165, 1.54) is 5.01 Å². The number of nitrogens with zero attached hydrogens (tertiary/aromatic N) is 2. The van der Waals surface area contributed by atoms with E-state index in [9.17, 15) is 0 Å². The number of nitrogens with one attached hydrogen (secondary N) is 1. The largest absolute Gasteiger partial charge is 0.384 e. The van der Waals surface area contributed by atoms with Crippen molar-refractivity contribution in [2.24, 2.45) is 0 Å². The minimum absolute atomic E-state index is 0.438. The topological polar surface area (TPSA) is 37.8 Å². The van der Waals surface area contributed by atoms with Gasteiger partial charge in [0.15, 0.2) is 0 Å². The summed E-state index contributed by atoms with van der Waals surface area (Å²) < 4.78 is 0. The molecule has 0 aliphatic rings. The predicted molar refractivity (Wildman–Crippen MR) is 68.0 cm³/mol. The Morgan fingerprint density at radius 1 is 1.38 bits per heavy atom. The van der Waals surface area contributed by atoms with Crippen LogP contribution in [0, 0.1) is 6.92 Å². The molecule has 0 aliphatic carbocycles. The molecule has 2 rings (SSSR count). The molecular formula is C12H15N3S. The summed E-state index contributed by atoms with van der Waals surface area (Å²) >= 11 is 1.71. The highest BCUT2D eigenvalue weighted by Gasteiger charge is 2.07. The standard InChI is InChI=1S/C12H15N3S/c1-9(12-14-5-6-16-12)8-15-11-3-4-13-10(2)7-11/h3-7,9H,8H2,1-2H3,(H,13,15). The van der Waals surface area contributed by atoms with Crippen molar-refractivity contribution in [2.45, 2.75) is 19.8 Å². The molecule has 16 heavy (non-hydrogen) atoms. The minimum Gasteiger partial charge on any atom is -0.384 e. The molecule has 1 atom stereocenters. The van der Waals surface area contributed by atoms with Crippen LogP contribution in [0.5, 0.6) is 0 Å². The minimum atomic E-state index is 0.438. The molecule has 0 aromatic carbocycles. The SMILES string of the molecule is Cc1cc(NCC(C)c2nccs2)ccn1. The van der Waals surface area contributed by atoms with Crippen molar-refractivity contribution in [3.05, 3.63) is 40.6 Å². The van der Waals surface area contributed by atoms with Gasteiger partial charge in [-0.1, -0.05) is 6.92 Å². The zero-order valence-electron chi connectivity index (χ0n) is 9.47. The van der Waals surface area contributed by atoms with E-state index in [0.717, 1.165) is 17.9 Å². The van der Waals surface area contributed by atoms with Gasteiger partial charge in [0.25, 0.3) is 0 Å². The monoisotopic (exact) mass is 233 g/mol. The maximum Gasteiger partial charge on any atom is 0.0970 e. The molecule has 0 bridgehead atoms. The van der Waals surface area contributed by atoms with Gasteiger partial charge in [0.2, 0.25) is 0 Å². The van der Waals surface area contributed by atoms with Gasteiger partial charge in [-0.3, -0.25) is 4.98 Å². The van der Waals surface area contributed by atoms with E-state index in [2.05, 4.69) is 28.3 Å². The summed E-state index contributed by atoms with van der Waals surface area (Å²) in [6.07, 6.45) is 3.68. The lowest BCUT2D eigenvalue weighted by molar-refractivity contribution is 0.794. The summed E-state index contributed by atoms with van der Waals surface area (Å²) in [7, 11) is 0. The maximum absolute atomic E-state index is 4.31. The molecule has 84 valence electrons. The van der Waals surface area contributed by atoms with Crippen molar-refractivity contribution >= 4 is 17.0 Å². The maximum atomic E-state index is 4.31. The Balaban J connectivity index is 1.92. The van der Waals surface area contributed by atoms with Gasteiger partial charge >= 0.3 is 0 Å². The summed E-state index contributed by atoms with van der Waals surface area (Å²) in [5, 5.41) is 6.60. The van der Waals surface area contributed by atoms with Crippen LogP contribution in [-0.4, -0.2) is 16.5 Å². The van der Waals surface area contributed by atoms with Crippen LogP contribution in [-0.2, 0) is 0 Å². The molecule has 1 unspecified atom stereocenters. The third kappa shape index (κ3) is 2.79.